The second kappa shape index (κ2) is 10.8. The Balaban J connectivity index is 1.33. The van der Waals surface area contributed by atoms with Crippen LogP contribution >= 0.6 is 0 Å². The number of nitrogens with zero attached hydrogens (tertiary/aromatic N) is 8. The molecule has 0 saturated carbocycles. The Morgan fingerprint density at radius 1 is 1.12 bits per heavy atom. The smallest absolute Gasteiger partial charge is 0.407 e. The average molecular weight is 545 g/mol. The van der Waals surface area contributed by atoms with E-state index in [0.29, 0.717) is 44.8 Å². The number of carboxylic acid groups (broad SMARTS) is 1. The van der Waals surface area contributed by atoms with Gasteiger partial charge in [0.2, 0.25) is 0 Å². The van der Waals surface area contributed by atoms with Gasteiger partial charge in [-0.25, -0.2) is 4.79 Å². The Morgan fingerprint density at radius 3 is 2.77 bits per heavy atom. The number of aromatic nitrogens is 3. The van der Waals surface area contributed by atoms with Crippen LogP contribution < -0.4 is 14.5 Å². The lowest BCUT2D eigenvalue weighted by atomic mass is 10.0. The standard InChI is InChI=1S/C29H36N8O3/c1-33-12-4-6-22(33)19-40-28-31-24-18-35(25-7-3-5-20-9-13-34(2)26(20)25)14-10-23(24)27(32-28)36-15-16-37(29(38)39)21(17-36)8-11-30/h3,5,7,9,13,21-22H,4,6,8,10,12,14-19H2,1-2H3,(H,38,39). The lowest BCUT2D eigenvalue weighted by Crippen LogP contribution is -2.55. The summed E-state index contributed by atoms with van der Waals surface area (Å²) in [6.07, 6.45) is 4.26. The van der Waals surface area contributed by atoms with Crippen molar-refractivity contribution in [1.82, 2.24) is 24.3 Å². The molecule has 0 spiro atoms. The van der Waals surface area contributed by atoms with Gasteiger partial charge in [-0.15, -0.1) is 0 Å². The van der Waals surface area contributed by atoms with Gasteiger partial charge in [-0.1, -0.05) is 12.1 Å². The molecule has 0 radical (unpaired) electrons. The van der Waals surface area contributed by atoms with Crippen LogP contribution in [-0.2, 0) is 20.0 Å². The fourth-order valence-corrected chi connectivity index (χ4v) is 6.45. The number of hydrogen-bond donors (Lipinski definition) is 1. The third kappa shape index (κ3) is 4.88. The molecule has 2 aromatic heterocycles. The Kier molecular flexibility index (Phi) is 7.11. The maximum atomic E-state index is 11.8. The summed E-state index contributed by atoms with van der Waals surface area (Å²) in [5.74, 6) is 0.810. The Hall–Kier alpha value is -4.04. The molecule has 1 N–H and O–H groups in total. The minimum atomic E-state index is -0.986. The number of likely N-dealkylation sites (tertiary alicyclic amines) is 1. The number of likely N-dealkylation sites (N-methyl/N-ethyl adjacent to an activating group) is 1. The van der Waals surface area contributed by atoms with Crippen molar-refractivity contribution < 1.29 is 14.6 Å². The molecule has 2 saturated heterocycles. The van der Waals surface area contributed by atoms with E-state index in [4.69, 9.17) is 14.7 Å². The van der Waals surface area contributed by atoms with E-state index in [1.165, 1.54) is 21.5 Å². The van der Waals surface area contributed by atoms with Gasteiger partial charge in [0.15, 0.2) is 0 Å². The fraction of sp³-hybridized carbons (Fsp3) is 0.517. The molecule has 11 nitrogen and oxygen atoms in total. The zero-order valence-corrected chi connectivity index (χ0v) is 23.2. The number of fused-ring (bicyclic) bond motifs is 2. The molecule has 40 heavy (non-hydrogen) atoms. The van der Waals surface area contributed by atoms with Crippen molar-refractivity contribution in [1.29, 1.82) is 5.26 Å². The van der Waals surface area contributed by atoms with Gasteiger partial charge in [-0.2, -0.15) is 15.2 Å². The number of para-hydroxylation sites is 1. The summed E-state index contributed by atoms with van der Waals surface area (Å²) in [6, 6.07) is 11.0. The molecule has 5 heterocycles. The Morgan fingerprint density at radius 2 is 2.00 bits per heavy atom. The summed E-state index contributed by atoms with van der Waals surface area (Å²) >= 11 is 0. The number of aryl methyl sites for hydroxylation is 1. The molecule has 11 heteroatoms. The second-order valence-electron chi connectivity index (χ2n) is 11.1. The highest BCUT2D eigenvalue weighted by atomic mass is 16.5. The van der Waals surface area contributed by atoms with Crippen LogP contribution in [0.5, 0.6) is 6.01 Å². The zero-order valence-electron chi connectivity index (χ0n) is 23.2. The number of benzene rings is 1. The molecular formula is C29H36N8O3. The van der Waals surface area contributed by atoms with Gasteiger partial charge in [0, 0.05) is 56.4 Å². The number of carbonyl (C=O) groups is 1. The quantitative estimate of drug-likeness (QED) is 0.500. The van der Waals surface area contributed by atoms with Crippen LogP contribution in [0.2, 0.25) is 0 Å². The number of nitriles is 1. The van der Waals surface area contributed by atoms with Crippen LogP contribution in [0, 0.1) is 11.3 Å². The van der Waals surface area contributed by atoms with Crippen molar-refractivity contribution in [3.8, 4) is 12.1 Å². The van der Waals surface area contributed by atoms with E-state index in [1.807, 2.05) is 0 Å². The van der Waals surface area contributed by atoms with Crippen molar-refractivity contribution in [3.05, 3.63) is 41.7 Å². The van der Waals surface area contributed by atoms with Crippen LogP contribution in [-0.4, -0.2) is 94.0 Å². The first-order valence-electron chi connectivity index (χ1n) is 14.1. The highest BCUT2D eigenvalue weighted by Crippen LogP contribution is 2.35. The molecule has 3 aliphatic heterocycles. The second-order valence-corrected chi connectivity index (χ2v) is 11.1. The van der Waals surface area contributed by atoms with Gasteiger partial charge in [-0.05, 0) is 45.0 Å². The highest BCUT2D eigenvalue weighted by molar-refractivity contribution is 5.92. The van der Waals surface area contributed by atoms with Crippen molar-refractivity contribution in [2.24, 2.45) is 7.05 Å². The molecule has 3 aromatic rings. The Labute approximate surface area is 234 Å². The van der Waals surface area contributed by atoms with Crippen LogP contribution in [0.4, 0.5) is 16.3 Å². The van der Waals surface area contributed by atoms with E-state index in [2.05, 4.69) is 69.9 Å². The highest BCUT2D eigenvalue weighted by Gasteiger charge is 2.34. The predicted molar refractivity (Wildman–Crippen MR) is 152 cm³/mol. The fourth-order valence-electron chi connectivity index (χ4n) is 6.45. The largest absolute Gasteiger partial charge is 0.465 e. The van der Waals surface area contributed by atoms with Gasteiger partial charge in [0.05, 0.1) is 42.0 Å². The van der Waals surface area contributed by atoms with Crippen molar-refractivity contribution in [2.75, 3.05) is 56.2 Å². The molecular weight excluding hydrogens is 508 g/mol. The van der Waals surface area contributed by atoms with E-state index < -0.39 is 12.1 Å². The number of ether oxygens (including phenoxy) is 1. The number of anilines is 2. The number of piperazine rings is 1. The van der Waals surface area contributed by atoms with Crippen molar-refractivity contribution >= 4 is 28.5 Å². The minimum absolute atomic E-state index is 0.141. The van der Waals surface area contributed by atoms with Gasteiger partial charge in [0.25, 0.3) is 0 Å². The summed E-state index contributed by atoms with van der Waals surface area (Å²) in [4.78, 5) is 29.9. The molecule has 2 unspecified atom stereocenters. The Bertz CT molecular complexity index is 1450. The van der Waals surface area contributed by atoms with Gasteiger partial charge in [-0.3, -0.25) is 0 Å². The third-order valence-corrected chi connectivity index (χ3v) is 8.67. The summed E-state index contributed by atoms with van der Waals surface area (Å²) < 4.78 is 8.40. The van der Waals surface area contributed by atoms with Crippen LogP contribution in [0.1, 0.15) is 30.5 Å². The molecule has 0 aliphatic carbocycles. The lowest BCUT2D eigenvalue weighted by molar-refractivity contribution is 0.119. The van der Waals surface area contributed by atoms with Gasteiger partial charge in [0.1, 0.15) is 12.4 Å². The first-order valence-corrected chi connectivity index (χ1v) is 14.1. The topological polar surface area (TPSA) is 114 Å². The maximum absolute atomic E-state index is 11.8. The molecule has 210 valence electrons. The zero-order chi connectivity index (χ0) is 27.8. The summed E-state index contributed by atoms with van der Waals surface area (Å²) in [7, 11) is 4.20. The molecule has 3 aliphatic rings. The molecule has 1 amide bonds. The first kappa shape index (κ1) is 26.2. The van der Waals surface area contributed by atoms with E-state index in [9.17, 15) is 15.2 Å². The van der Waals surface area contributed by atoms with Crippen molar-refractivity contribution in [3.63, 3.8) is 0 Å². The number of hydrogen-bond acceptors (Lipinski definition) is 8. The van der Waals surface area contributed by atoms with E-state index in [1.54, 1.807) is 0 Å². The normalized spacial score (nSPS) is 21.5. The molecule has 2 fully saturated rings. The SMILES string of the molecule is CN1CCCC1COc1nc2c(c(N3CCN(C(=O)O)C(CC#N)C3)n1)CCN(c1cccc3ccn(C)c13)C2. The monoisotopic (exact) mass is 544 g/mol. The number of rotatable bonds is 6. The van der Waals surface area contributed by atoms with Crippen LogP contribution in [0.3, 0.4) is 0 Å². The molecule has 1 aromatic carbocycles. The molecule has 2 atom stereocenters. The van der Waals surface area contributed by atoms with Gasteiger partial charge >= 0.3 is 12.1 Å². The molecule has 6 rings (SSSR count). The van der Waals surface area contributed by atoms with Crippen molar-refractivity contribution in [2.45, 2.75) is 44.3 Å². The van der Waals surface area contributed by atoms with E-state index >= 15 is 0 Å². The van der Waals surface area contributed by atoms with Crippen LogP contribution in [0.25, 0.3) is 10.9 Å². The lowest BCUT2D eigenvalue weighted by Gasteiger charge is -2.41. The summed E-state index contributed by atoms with van der Waals surface area (Å²) in [5.41, 5.74) is 4.40. The van der Waals surface area contributed by atoms with E-state index in [0.717, 1.165) is 49.4 Å². The summed E-state index contributed by atoms with van der Waals surface area (Å²) in [5, 5.41) is 20.3. The first-order chi connectivity index (χ1) is 19.4. The minimum Gasteiger partial charge on any atom is -0.465 e. The van der Waals surface area contributed by atoms with Crippen LogP contribution in [0.15, 0.2) is 30.5 Å². The van der Waals surface area contributed by atoms with E-state index in [-0.39, 0.29) is 6.42 Å². The van der Waals surface area contributed by atoms with Gasteiger partial charge < -0.3 is 34.0 Å². The summed E-state index contributed by atoms with van der Waals surface area (Å²) in [6.45, 7) is 4.30. The third-order valence-electron chi connectivity index (χ3n) is 8.67. The average Bonchev–Trinajstić information content (AvgIpc) is 3.55. The predicted octanol–water partition coefficient (Wildman–Crippen LogP) is 3.09. The number of amides is 1. The molecule has 0 bridgehead atoms. The maximum Gasteiger partial charge on any atom is 0.407 e.